The van der Waals surface area contributed by atoms with Crippen molar-refractivity contribution in [3.05, 3.63) is 99.6 Å². The minimum absolute atomic E-state index is 0.212. The number of nitrogens with one attached hydrogen (secondary N) is 1. The van der Waals surface area contributed by atoms with Crippen molar-refractivity contribution >= 4 is 35.3 Å². The van der Waals surface area contributed by atoms with Crippen LogP contribution in [0.3, 0.4) is 0 Å². The third kappa shape index (κ3) is 7.85. The first kappa shape index (κ1) is 30.0. The number of carbonyl (C=O) groups excluding carboxylic acids is 3. The molecule has 10 heteroatoms. The van der Waals surface area contributed by atoms with Gasteiger partial charge in [-0.2, -0.15) is 0 Å². The number of carbonyl (C=O) groups is 3. The van der Waals surface area contributed by atoms with Crippen LogP contribution >= 0.6 is 11.6 Å². The number of ether oxygens (including phenoxy) is 3. The van der Waals surface area contributed by atoms with E-state index in [2.05, 4.69) is 10.2 Å². The smallest absolute Gasteiger partial charge is 0.338 e. The van der Waals surface area contributed by atoms with Gasteiger partial charge in [-0.3, -0.25) is 4.90 Å². The quantitative estimate of drug-likeness (QED) is 0.342. The van der Waals surface area contributed by atoms with Crippen LogP contribution in [0.5, 0.6) is 0 Å². The Labute approximate surface area is 244 Å². The monoisotopic (exact) mass is 579 g/mol. The maximum atomic E-state index is 13.0. The van der Waals surface area contributed by atoms with Crippen LogP contribution in [0.25, 0.3) is 0 Å². The van der Waals surface area contributed by atoms with E-state index in [1.54, 1.807) is 42.2 Å². The molecule has 1 heterocycles. The number of piperazine rings is 1. The van der Waals surface area contributed by atoms with Gasteiger partial charge in [-0.1, -0.05) is 41.9 Å². The summed E-state index contributed by atoms with van der Waals surface area (Å²) in [5.41, 5.74) is 4.08. The number of amides is 2. The van der Waals surface area contributed by atoms with Gasteiger partial charge < -0.3 is 24.4 Å². The van der Waals surface area contributed by atoms with Gasteiger partial charge in [-0.05, 0) is 60.0 Å². The Bertz CT molecular complexity index is 1360. The fourth-order valence-corrected chi connectivity index (χ4v) is 4.77. The molecule has 1 aliphatic rings. The first-order valence-corrected chi connectivity index (χ1v) is 13.7. The van der Waals surface area contributed by atoms with Crippen molar-refractivity contribution < 1.29 is 28.6 Å². The number of benzene rings is 3. The van der Waals surface area contributed by atoms with Gasteiger partial charge >= 0.3 is 18.0 Å². The van der Waals surface area contributed by atoms with Crippen molar-refractivity contribution in [1.82, 2.24) is 9.80 Å². The lowest BCUT2D eigenvalue weighted by Gasteiger charge is -2.36. The molecular weight excluding hydrogens is 546 g/mol. The number of urea groups is 1. The molecule has 0 aromatic heterocycles. The van der Waals surface area contributed by atoms with Crippen molar-refractivity contribution in [2.45, 2.75) is 19.6 Å². The predicted octanol–water partition coefficient (Wildman–Crippen LogP) is 5.33. The molecule has 0 unspecified atom stereocenters. The molecule has 3 aromatic carbocycles. The fraction of sp³-hybridized carbons (Fsp3) is 0.323. The lowest BCUT2D eigenvalue weighted by Crippen LogP contribution is -2.50. The molecule has 2 amide bonds. The highest BCUT2D eigenvalue weighted by molar-refractivity contribution is 6.30. The van der Waals surface area contributed by atoms with Gasteiger partial charge in [0, 0.05) is 43.4 Å². The highest BCUT2D eigenvalue weighted by Gasteiger charge is 2.25. The third-order valence-electron chi connectivity index (χ3n) is 7.13. The van der Waals surface area contributed by atoms with Gasteiger partial charge in [-0.15, -0.1) is 0 Å². The van der Waals surface area contributed by atoms with E-state index in [9.17, 15) is 14.4 Å². The number of hydrogen-bond donors (Lipinski definition) is 1. The summed E-state index contributed by atoms with van der Waals surface area (Å²) in [5, 5.41) is 3.58. The molecule has 0 aliphatic carbocycles. The number of nitrogens with zero attached hydrogens (tertiary/aromatic N) is 2. The second kappa shape index (κ2) is 14.1. The maximum absolute atomic E-state index is 13.0. The average Bonchev–Trinajstić information content (AvgIpc) is 3.00. The van der Waals surface area contributed by atoms with Crippen LogP contribution < -0.4 is 5.32 Å². The largest absolute Gasteiger partial charge is 0.465 e. The zero-order valence-electron chi connectivity index (χ0n) is 23.4. The van der Waals surface area contributed by atoms with Gasteiger partial charge in [0.05, 0.1) is 38.1 Å². The van der Waals surface area contributed by atoms with Crippen LogP contribution in [-0.2, 0) is 20.8 Å². The van der Waals surface area contributed by atoms with Crippen LogP contribution in [0.2, 0.25) is 5.02 Å². The fourth-order valence-electron chi connectivity index (χ4n) is 4.65. The molecule has 9 nitrogen and oxygen atoms in total. The van der Waals surface area contributed by atoms with Crippen molar-refractivity contribution in [3.8, 4) is 0 Å². The van der Waals surface area contributed by atoms with E-state index in [0.717, 1.165) is 11.1 Å². The van der Waals surface area contributed by atoms with E-state index in [-0.39, 0.29) is 18.1 Å². The first-order valence-electron chi connectivity index (χ1n) is 13.3. The molecule has 0 bridgehead atoms. The second-order valence-electron chi connectivity index (χ2n) is 9.73. The van der Waals surface area contributed by atoms with Crippen molar-refractivity contribution in [3.63, 3.8) is 0 Å². The van der Waals surface area contributed by atoms with Crippen LogP contribution in [0.1, 0.15) is 43.5 Å². The molecule has 1 fully saturated rings. The Morgan fingerprint density at radius 1 is 0.878 bits per heavy atom. The molecule has 216 valence electrons. The topological polar surface area (TPSA) is 97.4 Å². The second-order valence-corrected chi connectivity index (χ2v) is 10.2. The Balaban J connectivity index is 1.36. The molecule has 1 N–H and O–H groups in total. The lowest BCUT2D eigenvalue weighted by molar-refractivity contribution is 0.00592. The summed E-state index contributed by atoms with van der Waals surface area (Å²) in [6, 6.07) is 19.7. The van der Waals surface area contributed by atoms with Crippen molar-refractivity contribution in [1.29, 1.82) is 0 Å². The minimum Gasteiger partial charge on any atom is -0.465 e. The van der Waals surface area contributed by atoms with E-state index < -0.39 is 5.97 Å². The highest BCUT2D eigenvalue weighted by Crippen LogP contribution is 2.24. The van der Waals surface area contributed by atoms with Crippen molar-refractivity contribution in [2.24, 2.45) is 0 Å². The number of rotatable bonds is 9. The van der Waals surface area contributed by atoms with Crippen LogP contribution in [0.15, 0.2) is 66.7 Å². The van der Waals surface area contributed by atoms with E-state index in [4.69, 9.17) is 25.8 Å². The summed E-state index contributed by atoms with van der Waals surface area (Å²) in [6.45, 7) is 5.22. The molecule has 0 spiro atoms. The average molecular weight is 580 g/mol. The highest BCUT2D eigenvalue weighted by atomic mass is 35.5. The van der Waals surface area contributed by atoms with Crippen LogP contribution in [-0.4, -0.2) is 74.7 Å². The van der Waals surface area contributed by atoms with Crippen LogP contribution in [0, 0.1) is 6.92 Å². The minimum atomic E-state index is -0.442. The summed E-state index contributed by atoms with van der Waals surface area (Å²) in [7, 11) is 2.69. The molecule has 41 heavy (non-hydrogen) atoms. The number of halogens is 1. The van der Waals surface area contributed by atoms with E-state index >= 15 is 0 Å². The standard InChI is InChI=1S/C31H34ClN3O6/c1-21-26(30(37)40-3)5-4-6-27(21)33-31(38)35-17-15-34(16-18-35)19-28(23-11-13-25(32)14-12-23)41-20-22-7-9-24(10-8-22)29(36)39-2/h4-14,28H,15-20H2,1-3H3,(H,33,38)/t28-/m1/s1. The Hall–Kier alpha value is -3.92. The number of esters is 2. The Morgan fingerprint density at radius 3 is 2.17 bits per heavy atom. The normalized spacial score (nSPS) is 14.3. The van der Waals surface area contributed by atoms with Crippen LogP contribution in [0.4, 0.5) is 10.5 Å². The third-order valence-corrected chi connectivity index (χ3v) is 7.38. The molecule has 0 saturated carbocycles. The van der Waals surface area contributed by atoms with Gasteiger partial charge in [0.2, 0.25) is 0 Å². The number of methoxy groups -OCH3 is 2. The Morgan fingerprint density at radius 2 is 1.54 bits per heavy atom. The zero-order valence-corrected chi connectivity index (χ0v) is 24.1. The molecule has 1 aliphatic heterocycles. The number of anilines is 1. The Kier molecular flexibility index (Phi) is 10.3. The SMILES string of the molecule is COC(=O)c1ccc(CO[C@H](CN2CCN(C(=O)Nc3cccc(C(=O)OC)c3C)CC2)c2ccc(Cl)cc2)cc1. The summed E-state index contributed by atoms with van der Waals surface area (Å²) < 4.78 is 16.0. The lowest BCUT2D eigenvalue weighted by atomic mass is 10.1. The summed E-state index contributed by atoms with van der Waals surface area (Å²) >= 11 is 6.12. The van der Waals surface area contributed by atoms with Gasteiger partial charge in [0.25, 0.3) is 0 Å². The van der Waals surface area contributed by atoms with E-state index in [0.29, 0.717) is 66.7 Å². The zero-order chi connectivity index (χ0) is 29.4. The summed E-state index contributed by atoms with van der Waals surface area (Å²) in [6.07, 6.45) is -0.225. The van der Waals surface area contributed by atoms with Crippen molar-refractivity contribution in [2.75, 3.05) is 52.3 Å². The molecule has 3 aromatic rings. The molecule has 1 atom stereocenters. The molecule has 4 rings (SSSR count). The molecule has 1 saturated heterocycles. The van der Waals surface area contributed by atoms with Gasteiger partial charge in [0.15, 0.2) is 0 Å². The first-order chi connectivity index (χ1) is 19.8. The van der Waals surface area contributed by atoms with Gasteiger partial charge in [-0.25, -0.2) is 14.4 Å². The van der Waals surface area contributed by atoms with Gasteiger partial charge in [0.1, 0.15) is 0 Å². The molecular formula is C31H34ClN3O6. The number of hydrogen-bond acceptors (Lipinski definition) is 7. The predicted molar refractivity (Wildman–Crippen MR) is 156 cm³/mol. The molecule has 0 radical (unpaired) electrons. The van der Waals surface area contributed by atoms with E-state index in [1.165, 1.54) is 14.2 Å². The summed E-state index contributed by atoms with van der Waals surface area (Å²) in [4.78, 5) is 40.8. The maximum Gasteiger partial charge on any atom is 0.338 e. The summed E-state index contributed by atoms with van der Waals surface area (Å²) in [5.74, 6) is -0.822. The van der Waals surface area contributed by atoms with E-state index in [1.807, 2.05) is 36.4 Å².